The molecule has 152 valence electrons. The summed E-state index contributed by atoms with van der Waals surface area (Å²) in [6, 6.07) is 16.4. The molecule has 0 atom stereocenters. The zero-order valence-corrected chi connectivity index (χ0v) is 19.5. The van der Waals surface area contributed by atoms with Gasteiger partial charge in [-0.2, -0.15) is 0 Å². The summed E-state index contributed by atoms with van der Waals surface area (Å²) in [5.41, 5.74) is 3.29. The zero-order chi connectivity index (χ0) is 21.0. The van der Waals surface area contributed by atoms with Crippen LogP contribution in [0.25, 0.3) is 17.1 Å². The smallest absolute Gasteiger partial charge is 0.230 e. The Balaban J connectivity index is 2.00. The summed E-state index contributed by atoms with van der Waals surface area (Å²) in [5.74, 6) is 1.04. The summed E-state index contributed by atoms with van der Waals surface area (Å²) in [7, 11) is 0. The molecule has 0 bridgehead atoms. The van der Waals surface area contributed by atoms with Crippen LogP contribution in [0.4, 0.5) is 0 Å². The summed E-state index contributed by atoms with van der Waals surface area (Å²) >= 11 is 4.87. The minimum Gasteiger partial charge on any atom is -0.356 e. The van der Waals surface area contributed by atoms with Crippen LogP contribution >= 0.6 is 27.7 Å². The van der Waals surface area contributed by atoms with Crippen molar-refractivity contribution in [1.82, 2.24) is 20.1 Å². The van der Waals surface area contributed by atoms with E-state index in [1.54, 1.807) is 0 Å². The number of thioether (sulfide) groups is 1. The van der Waals surface area contributed by atoms with E-state index in [4.69, 9.17) is 0 Å². The highest BCUT2D eigenvalue weighted by atomic mass is 79.9. The molecular weight excluding hydrogens is 448 g/mol. The van der Waals surface area contributed by atoms with Gasteiger partial charge in [-0.1, -0.05) is 72.7 Å². The van der Waals surface area contributed by atoms with E-state index >= 15 is 0 Å². The first-order valence-electron chi connectivity index (χ1n) is 9.51. The fraction of sp³-hybridized carbons (Fsp3) is 0.318. The third-order valence-electron chi connectivity index (χ3n) is 4.43. The van der Waals surface area contributed by atoms with Crippen LogP contribution in [-0.2, 0) is 10.2 Å². The second-order valence-corrected chi connectivity index (χ2v) is 9.55. The largest absolute Gasteiger partial charge is 0.356 e. The van der Waals surface area contributed by atoms with Crippen molar-refractivity contribution in [3.8, 4) is 17.1 Å². The number of amides is 1. The quantitative estimate of drug-likeness (QED) is 0.499. The molecule has 1 heterocycles. The van der Waals surface area contributed by atoms with Crippen LogP contribution in [0.15, 0.2) is 58.2 Å². The molecule has 0 aliphatic heterocycles. The molecule has 1 amide bonds. The van der Waals surface area contributed by atoms with Gasteiger partial charge >= 0.3 is 0 Å². The number of benzene rings is 2. The van der Waals surface area contributed by atoms with Crippen LogP contribution in [-0.4, -0.2) is 33.0 Å². The molecule has 0 aliphatic carbocycles. The average molecular weight is 473 g/mol. The predicted octanol–water partition coefficient (Wildman–Crippen LogP) is 5.22. The minimum atomic E-state index is -0.0149. The molecule has 29 heavy (non-hydrogen) atoms. The molecule has 7 heteroatoms. The number of rotatable bonds is 6. The number of hydrogen-bond acceptors (Lipinski definition) is 4. The van der Waals surface area contributed by atoms with E-state index in [0.717, 1.165) is 21.5 Å². The van der Waals surface area contributed by atoms with Crippen LogP contribution < -0.4 is 5.32 Å². The Kier molecular flexibility index (Phi) is 6.80. The maximum Gasteiger partial charge on any atom is 0.230 e. The second-order valence-electron chi connectivity index (χ2n) is 7.69. The Morgan fingerprint density at radius 2 is 1.72 bits per heavy atom. The van der Waals surface area contributed by atoms with Crippen LogP contribution in [0, 0.1) is 0 Å². The van der Waals surface area contributed by atoms with Gasteiger partial charge in [-0.25, -0.2) is 0 Å². The molecule has 0 saturated carbocycles. The first-order chi connectivity index (χ1) is 13.8. The molecule has 0 fully saturated rings. The van der Waals surface area contributed by atoms with Crippen molar-refractivity contribution < 1.29 is 4.79 Å². The number of carbonyl (C=O) groups excluding carboxylic acids is 1. The van der Waals surface area contributed by atoms with Crippen LogP contribution in [0.2, 0.25) is 0 Å². The van der Waals surface area contributed by atoms with E-state index in [1.165, 1.54) is 17.3 Å². The van der Waals surface area contributed by atoms with Crippen LogP contribution in [0.5, 0.6) is 0 Å². The van der Waals surface area contributed by atoms with Crippen molar-refractivity contribution in [2.75, 3.05) is 12.3 Å². The first-order valence-corrected chi connectivity index (χ1v) is 11.3. The van der Waals surface area contributed by atoms with Crippen molar-refractivity contribution in [2.45, 2.75) is 38.3 Å². The van der Waals surface area contributed by atoms with E-state index in [1.807, 2.05) is 35.8 Å². The standard InChI is InChI=1S/C22H25BrN4OS/c1-5-24-19(28)14-29-21-26-25-20(27(21)18-12-10-17(23)11-13-18)15-6-8-16(9-7-15)22(2,3)4/h6-13H,5,14H2,1-4H3,(H,24,28). The van der Waals surface area contributed by atoms with Gasteiger partial charge in [0.1, 0.15) is 0 Å². The number of nitrogens with zero attached hydrogens (tertiary/aromatic N) is 3. The van der Waals surface area contributed by atoms with Gasteiger partial charge in [0.25, 0.3) is 0 Å². The Morgan fingerprint density at radius 1 is 1.07 bits per heavy atom. The van der Waals surface area contributed by atoms with E-state index in [-0.39, 0.29) is 11.3 Å². The molecule has 0 unspecified atom stereocenters. The summed E-state index contributed by atoms with van der Waals surface area (Å²) in [6.07, 6.45) is 0. The molecule has 3 aromatic rings. The molecule has 1 N–H and O–H groups in total. The monoisotopic (exact) mass is 472 g/mol. The lowest BCUT2D eigenvalue weighted by molar-refractivity contribution is -0.118. The third-order valence-corrected chi connectivity index (χ3v) is 5.89. The summed E-state index contributed by atoms with van der Waals surface area (Å²) in [4.78, 5) is 11.9. The summed E-state index contributed by atoms with van der Waals surface area (Å²) < 4.78 is 3.00. The molecule has 2 aromatic carbocycles. The molecule has 3 rings (SSSR count). The fourth-order valence-corrected chi connectivity index (χ4v) is 3.92. The maximum absolute atomic E-state index is 11.9. The van der Waals surface area contributed by atoms with Crippen molar-refractivity contribution in [3.63, 3.8) is 0 Å². The van der Waals surface area contributed by atoms with Crippen molar-refractivity contribution >= 4 is 33.6 Å². The highest BCUT2D eigenvalue weighted by Gasteiger charge is 2.19. The third kappa shape index (κ3) is 5.28. The highest BCUT2D eigenvalue weighted by molar-refractivity contribution is 9.10. The number of hydrogen-bond donors (Lipinski definition) is 1. The molecule has 0 aliphatic rings. The lowest BCUT2D eigenvalue weighted by Gasteiger charge is -2.19. The molecule has 0 saturated heterocycles. The lowest BCUT2D eigenvalue weighted by atomic mass is 9.87. The Morgan fingerprint density at radius 3 is 2.31 bits per heavy atom. The highest BCUT2D eigenvalue weighted by Crippen LogP contribution is 2.30. The predicted molar refractivity (Wildman–Crippen MR) is 123 cm³/mol. The van der Waals surface area contributed by atoms with Crippen LogP contribution in [0.3, 0.4) is 0 Å². The number of nitrogens with one attached hydrogen (secondary N) is 1. The maximum atomic E-state index is 11.9. The van der Waals surface area contributed by atoms with Gasteiger partial charge in [-0.05, 0) is 42.2 Å². The van der Waals surface area contributed by atoms with E-state index < -0.39 is 0 Å². The van der Waals surface area contributed by atoms with Crippen molar-refractivity contribution in [2.24, 2.45) is 0 Å². The van der Waals surface area contributed by atoms with Gasteiger partial charge in [0.15, 0.2) is 11.0 Å². The number of carbonyl (C=O) groups is 1. The number of aromatic nitrogens is 3. The van der Waals surface area contributed by atoms with E-state index in [9.17, 15) is 4.79 Å². The normalized spacial score (nSPS) is 11.5. The Bertz CT molecular complexity index is 976. The average Bonchev–Trinajstić information content (AvgIpc) is 3.10. The van der Waals surface area contributed by atoms with Crippen molar-refractivity contribution in [1.29, 1.82) is 0 Å². The Hall–Kier alpha value is -2.12. The van der Waals surface area contributed by atoms with Gasteiger partial charge in [0, 0.05) is 22.3 Å². The van der Waals surface area contributed by atoms with Gasteiger partial charge in [-0.3, -0.25) is 9.36 Å². The molecule has 0 spiro atoms. The second kappa shape index (κ2) is 9.13. The van der Waals surface area contributed by atoms with E-state index in [0.29, 0.717) is 17.5 Å². The summed E-state index contributed by atoms with van der Waals surface area (Å²) in [5, 5.41) is 12.3. The Labute approximate surface area is 184 Å². The number of halogens is 1. The van der Waals surface area contributed by atoms with Crippen molar-refractivity contribution in [3.05, 3.63) is 58.6 Å². The van der Waals surface area contributed by atoms with Gasteiger partial charge < -0.3 is 5.32 Å². The first kappa shape index (κ1) is 21.6. The molecule has 1 aromatic heterocycles. The van der Waals surface area contributed by atoms with Gasteiger partial charge in [0.2, 0.25) is 5.91 Å². The van der Waals surface area contributed by atoms with Crippen LogP contribution in [0.1, 0.15) is 33.3 Å². The fourth-order valence-electron chi connectivity index (χ4n) is 2.87. The van der Waals surface area contributed by atoms with Gasteiger partial charge in [-0.15, -0.1) is 10.2 Å². The topological polar surface area (TPSA) is 59.8 Å². The molecular formula is C22H25BrN4OS. The van der Waals surface area contributed by atoms with Gasteiger partial charge in [0.05, 0.1) is 5.75 Å². The summed E-state index contributed by atoms with van der Waals surface area (Å²) in [6.45, 7) is 9.11. The SMILES string of the molecule is CCNC(=O)CSc1nnc(-c2ccc(C(C)(C)C)cc2)n1-c1ccc(Br)cc1. The van der Waals surface area contributed by atoms with E-state index in [2.05, 4.69) is 76.5 Å². The zero-order valence-electron chi connectivity index (χ0n) is 17.1. The minimum absolute atomic E-state index is 0.0149. The molecule has 0 radical (unpaired) electrons. The lowest BCUT2D eigenvalue weighted by Crippen LogP contribution is -2.24. The molecule has 5 nitrogen and oxygen atoms in total.